The molecule has 0 aliphatic carbocycles. The van der Waals surface area contributed by atoms with E-state index in [-0.39, 0.29) is 24.3 Å². The van der Waals surface area contributed by atoms with E-state index in [1.54, 1.807) is 0 Å². The van der Waals surface area contributed by atoms with Gasteiger partial charge in [-0.3, -0.25) is 14.5 Å². The first-order chi connectivity index (χ1) is 14.6. The Kier molecular flexibility index (Phi) is 6.10. The molecule has 5 heteroatoms. The number of carbonyl (C=O) groups is 2. The molecular formula is C25H27N3O2. The second-order valence-corrected chi connectivity index (χ2v) is 7.83. The zero-order chi connectivity index (χ0) is 20.9. The molecule has 154 valence electrons. The third-order valence-corrected chi connectivity index (χ3v) is 5.71. The normalized spacial score (nSPS) is 17.2. The predicted octanol–water partition coefficient (Wildman–Crippen LogP) is 3.21. The standard InChI is InChI=1S/C25H27N3O2/c1-19(29)22(17-20-9-4-2-5-10-20)26-24(30)18-28-16-15-27-14-8-13-23(27)25(28)21-11-6-3-7-12-21/h2-14,22,25H,15-18H2,1H3,(H,26,30). The van der Waals surface area contributed by atoms with Gasteiger partial charge in [-0.2, -0.15) is 0 Å². The maximum atomic E-state index is 12.9. The van der Waals surface area contributed by atoms with Crippen molar-refractivity contribution in [3.05, 3.63) is 95.8 Å². The lowest BCUT2D eigenvalue weighted by Crippen LogP contribution is -2.48. The number of amides is 1. The molecule has 1 aliphatic heterocycles. The number of ketones is 1. The number of nitrogens with one attached hydrogen (secondary N) is 1. The lowest BCUT2D eigenvalue weighted by molar-refractivity contribution is -0.128. The molecule has 1 amide bonds. The van der Waals surface area contributed by atoms with Gasteiger partial charge in [-0.25, -0.2) is 0 Å². The topological polar surface area (TPSA) is 54.3 Å². The summed E-state index contributed by atoms with van der Waals surface area (Å²) in [6.45, 7) is 3.41. The van der Waals surface area contributed by atoms with Crippen molar-refractivity contribution in [2.45, 2.75) is 32.0 Å². The van der Waals surface area contributed by atoms with E-state index in [2.05, 4.69) is 45.2 Å². The zero-order valence-electron chi connectivity index (χ0n) is 17.2. The number of hydrogen-bond donors (Lipinski definition) is 1. The first-order valence-electron chi connectivity index (χ1n) is 10.4. The third kappa shape index (κ3) is 4.52. The van der Waals surface area contributed by atoms with Crippen molar-refractivity contribution >= 4 is 11.7 Å². The van der Waals surface area contributed by atoms with Crippen LogP contribution < -0.4 is 5.32 Å². The van der Waals surface area contributed by atoms with Crippen molar-refractivity contribution in [2.24, 2.45) is 0 Å². The average Bonchev–Trinajstić information content (AvgIpc) is 3.23. The minimum absolute atomic E-state index is 0.0191. The van der Waals surface area contributed by atoms with Crippen LogP contribution in [0.15, 0.2) is 79.0 Å². The lowest BCUT2D eigenvalue weighted by atomic mass is 9.99. The third-order valence-electron chi connectivity index (χ3n) is 5.71. The number of Topliss-reactive ketones (excluding diaryl/α,β-unsaturated/α-hetero) is 1. The number of carbonyl (C=O) groups excluding carboxylic acids is 2. The second kappa shape index (κ2) is 9.09. The van der Waals surface area contributed by atoms with Crippen LogP contribution in [0.5, 0.6) is 0 Å². The highest BCUT2D eigenvalue weighted by Crippen LogP contribution is 2.31. The summed E-state index contributed by atoms with van der Waals surface area (Å²) in [5, 5.41) is 2.97. The maximum absolute atomic E-state index is 12.9. The average molecular weight is 402 g/mol. The van der Waals surface area contributed by atoms with Gasteiger partial charge in [0.05, 0.1) is 18.6 Å². The molecule has 0 spiro atoms. The fourth-order valence-electron chi connectivity index (χ4n) is 4.19. The molecule has 5 nitrogen and oxygen atoms in total. The molecule has 30 heavy (non-hydrogen) atoms. The van der Waals surface area contributed by atoms with E-state index >= 15 is 0 Å². The highest BCUT2D eigenvalue weighted by atomic mass is 16.2. The molecule has 0 bridgehead atoms. The SMILES string of the molecule is CC(=O)C(Cc1ccccc1)NC(=O)CN1CCn2cccc2C1c1ccccc1. The van der Waals surface area contributed by atoms with Crippen molar-refractivity contribution in [3.63, 3.8) is 0 Å². The Bertz CT molecular complexity index is 998. The summed E-state index contributed by atoms with van der Waals surface area (Å²) in [6.07, 6.45) is 2.60. The Labute approximate surface area is 177 Å². The van der Waals surface area contributed by atoms with Crippen LogP contribution >= 0.6 is 0 Å². The van der Waals surface area contributed by atoms with Crippen molar-refractivity contribution in [1.29, 1.82) is 0 Å². The molecule has 1 N–H and O–H groups in total. The minimum Gasteiger partial charge on any atom is -0.348 e. The fourth-order valence-corrected chi connectivity index (χ4v) is 4.19. The van der Waals surface area contributed by atoms with Gasteiger partial charge in [-0.1, -0.05) is 60.7 Å². The summed E-state index contributed by atoms with van der Waals surface area (Å²) in [5.74, 6) is -0.147. The van der Waals surface area contributed by atoms with Gasteiger partial charge in [0.2, 0.25) is 5.91 Å². The maximum Gasteiger partial charge on any atom is 0.234 e. The summed E-state index contributed by atoms with van der Waals surface area (Å²) < 4.78 is 2.25. The Balaban J connectivity index is 1.49. The highest BCUT2D eigenvalue weighted by molar-refractivity contribution is 5.88. The van der Waals surface area contributed by atoms with Gasteiger partial charge in [0.25, 0.3) is 0 Å². The number of fused-ring (bicyclic) bond motifs is 1. The number of hydrogen-bond acceptors (Lipinski definition) is 3. The number of nitrogens with zero attached hydrogens (tertiary/aromatic N) is 2. The van der Waals surface area contributed by atoms with Gasteiger partial charge in [0.1, 0.15) is 0 Å². The molecule has 2 atom stereocenters. The van der Waals surface area contributed by atoms with Crippen molar-refractivity contribution < 1.29 is 9.59 Å². The van der Waals surface area contributed by atoms with Crippen LogP contribution in [-0.2, 0) is 22.6 Å². The molecule has 4 rings (SSSR count). The van der Waals surface area contributed by atoms with Gasteiger partial charge in [-0.15, -0.1) is 0 Å². The van der Waals surface area contributed by atoms with E-state index in [4.69, 9.17) is 0 Å². The molecule has 2 aromatic carbocycles. The molecule has 2 heterocycles. The van der Waals surface area contributed by atoms with Gasteiger partial charge in [0, 0.05) is 25.0 Å². The van der Waals surface area contributed by atoms with E-state index in [0.717, 1.165) is 24.2 Å². The minimum atomic E-state index is -0.510. The van der Waals surface area contributed by atoms with Crippen molar-refractivity contribution in [3.8, 4) is 0 Å². The molecule has 2 unspecified atom stereocenters. The summed E-state index contributed by atoms with van der Waals surface area (Å²) >= 11 is 0. The van der Waals surface area contributed by atoms with E-state index in [1.807, 2.05) is 48.5 Å². The quantitative estimate of drug-likeness (QED) is 0.661. The van der Waals surface area contributed by atoms with E-state index in [0.29, 0.717) is 6.42 Å². The summed E-state index contributed by atoms with van der Waals surface area (Å²) in [5.41, 5.74) is 3.39. The summed E-state index contributed by atoms with van der Waals surface area (Å²) in [4.78, 5) is 27.3. The Morgan fingerprint density at radius 3 is 2.37 bits per heavy atom. The Morgan fingerprint density at radius 1 is 0.967 bits per heavy atom. The zero-order valence-corrected chi connectivity index (χ0v) is 17.2. The summed E-state index contributed by atoms with van der Waals surface area (Å²) in [7, 11) is 0. The van der Waals surface area contributed by atoms with Gasteiger partial charge < -0.3 is 9.88 Å². The van der Waals surface area contributed by atoms with Crippen LogP contribution in [0, 0.1) is 0 Å². The number of aromatic nitrogens is 1. The van der Waals surface area contributed by atoms with Gasteiger partial charge in [0.15, 0.2) is 5.78 Å². The molecular weight excluding hydrogens is 374 g/mol. The van der Waals surface area contributed by atoms with Crippen LogP contribution in [0.3, 0.4) is 0 Å². The number of rotatable bonds is 7. The largest absolute Gasteiger partial charge is 0.348 e. The first-order valence-corrected chi connectivity index (χ1v) is 10.4. The Morgan fingerprint density at radius 2 is 1.67 bits per heavy atom. The Hall–Kier alpha value is -3.18. The van der Waals surface area contributed by atoms with Crippen LogP contribution in [0.1, 0.15) is 29.8 Å². The van der Waals surface area contributed by atoms with Crippen molar-refractivity contribution in [1.82, 2.24) is 14.8 Å². The van der Waals surface area contributed by atoms with Crippen LogP contribution in [0.4, 0.5) is 0 Å². The first kappa shape index (κ1) is 20.1. The smallest absolute Gasteiger partial charge is 0.234 e. The van der Waals surface area contributed by atoms with Gasteiger partial charge in [-0.05, 0) is 36.6 Å². The second-order valence-electron chi connectivity index (χ2n) is 7.83. The van der Waals surface area contributed by atoms with E-state index in [9.17, 15) is 9.59 Å². The van der Waals surface area contributed by atoms with Crippen molar-refractivity contribution in [2.75, 3.05) is 13.1 Å². The molecule has 1 aliphatic rings. The molecule has 0 saturated carbocycles. The van der Waals surface area contributed by atoms with Crippen LogP contribution in [0.2, 0.25) is 0 Å². The lowest BCUT2D eigenvalue weighted by Gasteiger charge is -2.37. The molecule has 0 radical (unpaired) electrons. The van der Waals surface area contributed by atoms with Crippen LogP contribution in [-0.4, -0.2) is 40.3 Å². The number of benzene rings is 2. The van der Waals surface area contributed by atoms with E-state index < -0.39 is 6.04 Å². The van der Waals surface area contributed by atoms with Gasteiger partial charge >= 0.3 is 0 Å². The van der Waals surface area contributed by atoms with Crippen LogP contribution in [0.25, 0.3) is 0 Å². The summed E-state index contributed by atoms with van der Waals surface area (Å²) in [6, 6.07) is 23.7. The molecule has 3 aromatic rings. The molecule has 1 aromatic heterocycles. The predicted molar refractivity (Wildman–Crippen MR) is 117 cm³/mol. The van der Waals surface area contributed by atoms with E-state index in [1.165, 1.54) is 12.6 Å². The monoisotopic (exact) mass is 401 g/mol. The fraction of sp³-hybridized carbons (Fsp3) is 0.280. The molecule has 0 saturated heterocycles. The highest BCUT2D eigenvalue weighted by Gasteiger charge is 2.30. The molecule has 0 fully saturated rings.